The first-order chi connectivity index (χ1) is 14.7. The third-order valence-corrected chi connectivity index (χ3v) is 5.17. The van der Waals surface area contributed by atoms with Crippen LogP contribution in [0, 0.1) is 5.41 Å². The lowest BCUT2D eigenvalue weighted by Crippen LogP contribution is -2.48. The van der Waals surface area contributed by atoms with Crippen molar-refractivity contribution in [1.29, 1.82) is 0 Å². The number of esters is 1. The highest BCUT2D eigenvalue weighted by Gasteiger charge is 2.60. The molecule has 0 atom stereocenters. The van der Waals surface area contributed by atoms with Gasteiger partial charge < -0.3 is 4.74 Å². The molecule has 2 aromatic carbocycles. The first-order valence-corrected chi connectivity index (χ1v) is 10.1. The molecule has 0 saturated heterocycles. The number of carbonyl (C=O) groups is 1. The maximum atomic E-state index is 12.8. The van der Waals surface area contributed by atoms with E-state index in [4.69, 9.17) is 0 Å². The minimum absolute atomic E-state index is 0.311. The number of fused-ring (bicyclic) bond motifs is 1. The highest BCUT2D eigenvalue weighted by molar-refractivity contribution is 9.10. The Morgan fingerprint density at radius 2 is 1.62 bits per heavy atom. The average Bonchev–Trinajstić information content (AvgIpc) is 3.01. The van der Waals surface area contributed by atoms with Crippen LogP contribution in [0.25, 0.3) is 22.2 Å². The van der Waals surface area contributed by atoms with Gasteiger partial charge in [0.15, 0.2) is 0 Å². The number of alkyl halides is 6. The summed E-state index contributed by atoms with van der Waals surface area (Å²) < 4.78 is 82.9. The summed E-state index contributed by atoms with van der Waals surface area (Å²) in [7, 11) is 0. The van der Waals surface area contributed by atoms with Crippen molar-refractivity contribution in [3.05, 3.63) is 53.0 Å². The fraction of sp³-hybridized carbons (Fsp3) is 0.333. The van der Waals surface area contributed by atoms with Crippen LogP contribution in [0.1, 0.15) is 13.8 Å². The quantitative estimate of drug-likeness (QED) is 0.282. The van der Waals surface area contributed by atoms with Crippen molar-refractivity contribution in [3.8, 4) is 11.3 Å². The predicted molar refractivity (Wildman–Crippen MR) is 109 cm³/mol. The van der Waals surface area contributed by atoms with Gasteiger partial charge >= 0.3 is 18.3 Å². The summed E-state index contributed by atoms with van der Waals surface area (Å²) in [5.41, 5.74) is 0.112. The Morgan fingerprint density at radius 3 is 2.19 bits per heavy atom. The minimum atomic E-state index is -5.78. The third kappa shape index (κ3) is 5.08. The maximum Gasteiger partial charge on any atom is 0.434 e. The molecule has 0 bridgehead atoms. The number of hydrogen-bond donors (Lipinski definition) is 0. The molecule has 0 fully saturated rings. The van der Waals surface area contributed by atoms with E-state index in [9.17, 15) is 31.1 Å². The van der Waals surface area contributed by atoms with Crippen molar-refractivity contribution in [2.45, 2.75) is 38.8 Å². The summed E-state index contributed by atoms with van der Waals surface area (Å²) in [4.78, 5) is 12.4. The molecule has 3 aromatic rings. The van der Waals surface area contributed by atoms with E-state index >= 15 is 0 Å². The second kappa shape index (κ2) is 8.42. The Balaban J connectivity index is 1.97. The topological polar surface area (TPSA) is 44.1 Å². The summed E-state index contributed by atoms with van der Waals surface area (Å²) in [6.45, 7) is 2.09. The number of benzene rings is 2. The normalized spacial score (nSPS) is 13.1. The Kier molecular flexibility index (Phi) is 6.34. The lowest BCUT2D eigenvalue weighted by Gasteiger charge is -2.28. The number of halogens is 7. The summed E-state index contributed by atoms with van der Waals surface area (Å²) in [6.07, 6.45) is -15.8. The number of nitrogens with zero attached hydrogens (tertiary/aromatic N) is 2. The van der Waals surface area contributed by atoms with Crippen LogP contribution in [0.5, 0.6) is 0 Å². The molecule has 0 aliphatic rings. The monoisotopic (exact) mass is 522 g/mol. The van der Waals surface area contributed by atoms with E-state index < -0.39 is 29.8 Å². The molecule has 11 heteroatoms. The molecule has 0 N–H and O–H groups in total. The Hall–Kier alpha value is -2.56. The molecule has 1 heterocycles. The molecule has 32 heavy (non-hydrogen) atoms. The number of aromatic nitrogens is 2. The Morgan fingerprint density at radius 1 is 1.03 bits per heavy atom. The molecule has 0 spiro atoms. The van der Waals surface area contributed by atoms with Crippen LogP contribution in [0.4, 0.5) is 26.3 Å². The van der Waals surface area contributed by atoms with Gasteiger partial charge in [-0.15, -0.1) is 0 Å². The van der Waals surface area contributed by atoms with E-state index in [1.165, 1.54) is 18.5 Å². The number of hydrogen-bond acceptors (Lipinski definition) is 3. The van der Waals surface area contributed by atoms with Crippen molar-refractivity contribution in [2.75, 3.05) is 0 Å². The van der Waals surface area contributed by atoms with Crippen LogP contribution in [-0.4, -0.2) is 34.2 Å². The van der Waals surface area contributed by atoms with Crippen molar-refractivity contribution >= 4 is 32.8 Å². The van der Waals surface area contributed by atoms with E-state index in [1.54, 1.807) is 30.3 Å². The third-order valence-electron chi connectivity index (χ3n) is 4.68. The summed E-state index contributed by atoms with van der Waals surface area (Å²) >= 11 is 3.33. The standard InChI is InChI=1S/C21H17BrF6N2O2/c1-19(2,18(31)32-17(20(23,24)25)21(26,27)28)11-30-15-10-13(22)8-9-14(15)16(29-30)12-6-4-3-5-7-12/h3-10,17H,11H2,1-2H3. The van der Waals surface area contributed by atoms with E-state index in [1.807, 2.05) is 18.2 Å². The van der Waals surface area contributed by atoms with Crippen LogP contribution in [0.15, 0.2) is 53.0 Å². The van der Waals surface area contributed by atoms with Crippen molar-refractivity contribution in [2.24, 2.45) is 5.41 Å². The molecular weight excluding hydrogens is 506 g/mol. The molecule has 0 unspecified atom stereocenters. The number of rotatable bonds is 5. The van der Waals surface area contributed by atoms with Crippen molar-refractivity contribution in [3.63, 3.8) is 0 Å². The summed E-state index contributed by atoms with van der Waals surface area (Å²) in [5.74, 6) is -1.64. The van der Waals surface area contributed by atoms with E-state index in [-0.39, 0.29) is 6.54 Å². The summed E-state index contributed by atoms with van der Waals surface area (Å²) in [5, 5.41) is 5.19. The zero-order valence-corrected chi connectivity index (χ0v) is 18.3. The first kappa shape index (κ1) is 24.1. The van der Waals surface area contributed by atoms with Crippen molar-refractivity contribution < 1.29 is 35.9 Å². The van der Waals surface area contributed by atoms with Gasteiger partial charge in [0.05, 0.1) is 17.5 Å². The van der Waals surface area contributed by atoms with Crippen molar-refractivity contribution in [1.82, 2.24) is 9.78 Å². The molecule has 0 radical (unpaired) electrons. The van der Waals surface area contributed by atoms with E-state index in [2.05, 4.69) is 25.8 Å². The second-order valence-electron chi connectivity index (χ2n) is 7.79. The molecule has 0 aliphatic carbocycles. The molecule has 3 rings (SSSR count). The lowest BCUT2D eigenvalue weighted by atomic mass is 9.93. The predicted octanol–water partition coefficient (Wildman–Crippen LogP) is 6.53. The first-order valence-electron chi connectivity index (χ1n) is 9.26. The molecule has 0 aliphatic heterocycles. The van der Waals surface area contributed by atoms with Gasteiger partial charge in [0.2, 0.25) is 0 Å². The molecule has 0 saturated carbocycles. The fourth-order valence-electron chi connectivity index (χ4n) is 3.10. The molecule has 4 nitrogen and oxygen atoms in total. The SMILES string of the molecule is CC(C)(Cn1nc(-c2ccccc2)c2ccc(Br)cc21)C(=O)OC(C(F)(F)F)C(F)(F)F. The molecule has 0 amide bonds. The van der Waals surface area contributed by atoms with Gasteiger partial charge in [-0.2, -0.15) is 31.4 Å². The van der Waals surface area contributed by atoms with Crippen LogP contribution in [0.3, 0.4) is 0 Å². The van der Waals surface area contributed by atoms with Gasteiger partial charge in [-0.25, -0.2) is 0 Å². The van der Waals surface area contributed by atoms with Gasteiger partial charge in [-0.05, 0) is 32.0 Å². The van der Waals surface area contributed by atoms with Gasteiger partial charge in [0.1, 0.15) is 5.69 Å². The lowest BCUT2D eigenvalue weighted by molar-refractivity contribution is -0.315. The zero-order chi connectivity index (χ0) is 23.9. The van der Waals surface area contributed by atoms with Crippen LogP contribution >= 0.6 is 15.9 Å². The maximum absolute atomic E-state index is 12.8. The smallest absolute Gasteiger partial charge is 0.434 e. The highest BCUT2D eigenvalue weighted by Crippen LogP contribution is 2.38. The van der Waals surface area contributed by atoms with Gasteiger partial charge in [0, 0.05) is 15.4 Å². The molecule has 172 valence electrons. The number of ether oxygens (including phenoxy) is 1. The Labute approximate surface area is 187 Å². The van der Waals surface area contributed by atoms with E-state index in [0.717, 1.165) is 5.56 Å². The van der Waals surface area contributed by atoms with Gasteiger partial charge in [-0.3, -0.25) is 9.48 Å². The minimum Gasteiger partial charge on any atom is -0.442 e. The molecule has 1 aromatic heterocycles. The second-order valence-corrected chi connectivity index (χ2v) is 8.70. The van der Waals surface area contributed by atoms with Gasteiger partial charge in [0.25, 0.3) is 6.10 Å². The molecular formula is C21H17BrF6N2O2. The van der Waals surface area contributed by atoms with Crippen LogP contribution < -0.4 is 0 Å². The van der Waals surface area contributed by atoms with Crippen LogP contribution in [-0.2, 0) is 16.1 Å². The Bertz CT molecular complexity index is 1110. The fourth-order valence-corrected chi connectivity index (χ4v) is 3.45. The van der Waals surface area contributed by atoms with Crippen LogP contribution in [0.2, 0.25) is 0 Å². The highest BCUT2D eigenvalue weighted by atomic mass is 79.9. The zero-order valence-electron chi connectivity index (χ0n) is 16.8. The van der Waals surface area contributed by atoms with Gasteiger partial charge in [-0.1, -0.05) is 46.3 Å². The average molecular weight is 523 g/mol. The number of carbonyl (C=O) groups excluding carboxylic acids is 1. The summed E-state index contributed by atoms with van der Waals surface area (Å²) in [6, 6.07) is 14.3. The largest absolute Gasteiger partial charge is 0.442 e. The van der Waals surface area contributed by atoms with E-state index in [0.29, 0.717) is 21.1 Å².